The van der Waals surface area contributed by atoms with Crippen LogP contribution in [0.25, 0.3) is 0 Å². The minimum atomic E-state index is -4.63. The Balaban J connectivity index is 2.53. The second kappa shape index (κ2) is 5.61. The largest absolute Gasteiger partial charge is 0.421 e. The summed E-state index contributed by atoms with van der Waals surface area (Å²) < 4.78 is 51.3. The molecule has 0 amide bonds. The lowest BCUT2D eigenvalue weighted by molar-refractivity contribution is -0.137. The molecule has 0 saturated heterocycles. The molecule has 0 fully saturated rings. The number of hydrogen-bond acceptors (Lipinski definition) is 5. The Bertz CT molecular complexity index is 742. The summed E-state index contributed by atoms with van der Waals surface area (Å²) in [6.45, 7) is 3.07. The zero-order chi connectivity index (χ0) is 16.5. The summed E-state index contributed by atoms with van der Waals surface area (Å²) in [6.07, 6.45) is -4.02. The van der Waals surface area contributed by atoms with Gasteiger partial charge in [0.15, 0.2) is 0 Å². The SMILES string of the molecule is CP(C)(=O)c1ccccc1Nc1nc(N)ncc1C(F)(F)F. The van der Waals surface area contributed by atoms with Crippen molar-refractivity contribution in [2.45, 2.75) is 6.18 Å². The second-order valence-electron chi connectivity index (χ2n) is 4.98. The summed E-state index contributed by atoms with van der Waals surface area (Å²) in [7, 11) is -2.68. The number of halogens is 3. The number of anilines is 3. The maximum Gasteiger partial charge on any atom is 0.421 e. The fourth-order valence-corrected chi connectivity index (χ4v) is 3.03. The summed E-state index contributed by atoms with van der Waals surface area (Å²) in [5.41, 5.74) is 4.61. The van der Waals surface area contributed by atoms with Crippen LogP contribution in [-0.4, -0.2) is 23.3 Å². The standard InChI is InChI=1S/C13H14F3N4OP/c1-22(2,21)10-6-4-3-5-9(10)19-11-8(13(14,15)16)7-18-12(17)20-11/h3-7H,1-2H3,(H3,17,18,19,20). The molecule has 1 aromatic carbocycles. The molecule has 2 rings (SSSR count). The molecule has 0 aliphatic carbocycles. The van der Waals surface area contributed by atoms with E-state index in [2.05, 4.69) is 15.3 Å². The number of nitrogens with two attached hydrogens (primary N) is 1. The summed E-state index contributed by atoms with van der Waals surface area (Å²) in [5, 5.41) is 3.00. The van der Waals surface area contributed by atoms with Crippen molar-refractivity contribution in [1.82, 2.24) is 9.97 Å². The van der Waals surface area contributed by atoms with Crippen LogP contribution in [0, 0.1) is 0 Å². The van der Waals surface area contributed by atoms with E-state index < -0.39 is 24.7 Å². The highest BCUT2D eigenvalue weighted by Gasteiger charge is 2.35. The van der Waals surface area contributed by atoms with Gasteiger partial charge in [-0.05, 0) is 25.5 Å². The third-order valence-electron chi connectivity index (χ3n) is 2.85. The van der Waals surface area contributed by atoms with E-state index in [1.54, 1.807) is 18.2 Å². The van der Waals surface area contributed by atoms with E-state index in [1.165, 1.54) is 19.4 Å². The van der Waals surface area contributed by atoms with E-state index in [0.29, 0.717) is 17.2 Å². The molecule has 0 spiro atoms. The van der Waals surface area contributed by atoms with Gasteiger partial charge in [0, 0.05) is 11.5 Å². The van der Waals surface area contributed by atoms with Crippen molar-refractivity contribution >= 4 is 29.9 Å². The summed E-state index contributed by atoms with van der Waals surface area (Å²) in [6, 6.07) is 6.42. The van der Waals surface area contributed by atoms with Crippen molar-refractivity contribution in [2.75, 3.05) is 24.4 Å². The van der Waals surface area contributed by atoms with Crippen LogP contribution in [-0.2, 0) is 10.7 Å². The molecule has 0 radical (unpaired) electrons. The number of benzene rings is 1. The molecule has 1 heterocycles. The van der Waals surface area contributed by atoms with Gasteiger partial charge < -0.3 is 15.6 Å². The Morgan fingerprint density at radius 1 is 1.23 bits per heavy atom. The Labute approximate surface area is 125 Å². The molecule has 9 heteroatoms. The van der Waals surface area contributed by atoms with Gasteiger partial charge in [-0.3, -0.25) is 0 Å². The molecule has 22 heavy (non-hydrogen) atoms. The number of nitrogens with one attached hydrogen (secondary N) is 1. The lowest BCUT2D eigenvalue weighted by Crippen LogP contribution is -2.15. The maximum atomic E-state index is 13.0. The average Bonchev–Trinajstić information content (AvgIpc) is 2.36. The quantitative estimate of drug-likeness (QED) is 0.846. The molecule has 2 aromatic rings. The topological polar surface area (TPSA) is 80.9 Å². The number of alkyl halides is 3. The van der Waals surface area contributed by atoms with Gasteiger partial charge in [0.1, 0.15) is 18.5 Å². The zero-order valence-corrected chi connectivity index (χ0v) is 12.7. The first kappa shape index (κ1) is 16.3. The number of nitrogen functional groups attached to an aromatic ring is 1. The molecule has 0 atom stereocenters. The average molecular weight is 330 g/mol. The zero-order valence-electron chi connectivity index (χ0n) is 11.8. The molecule has 0 saturated carbocycles. The highest BCUT2D eigenvalue weighted by molar-refractivity contribution is 7.70. The van der Waals surface area contributed by atoms with Crippen molar-refractivity contribution in [3.8, 4) is 0 Å². The van der Waals surface area contributed by atoms with Crippen molar-refractivity contribution in [3.63, 3.8) is 0 Å². The minimum Gasteiger partial charge on any atom is -0.368 e. The molecule has 118 valence electrons. The molecule has 1 aromatic heterocycles. The molecular formula is C13H14F3N4OP. The third-order valence-corrected chi connectivity index (χ3v) is 4.40. The van der Waals surface area contributed by atoms with Crippen molar-refractivity contribution < 1.29 is 17.7 Å². The number of aromatic nitrogens is 2. The van der Waals surface area contributed by atoms with Crippen molar-refractivity contribution in [1.29, 1.82) is 0 Å². The van der Waals surface area contributed by atoms with Crippen LogP contribution < -0.4 is 16.4 Å². The monoisotopic (exact) mass is 330 g/mol. The number of para-hydroxylation sites is 1. The van der Waals surface area contributed by atoms with Gasteiger partial charge in [0.2, 0.25) is 5.95 Å². The Kier molecular flexibility index (Phi) is 4.15. The van der Waals surface area contributed by atoms with E-state index in [4.69, 9.17) is 5.73 Å². The lowest BCUT2D eigenvalue weighted by atomic mass is 10.2. The van der Waals surface area contributed by atoms with Crippen molar-refractivity contribution in [3.05, 3.63) is 36.0 Å². The first-order chi connectivity index (χ1) is 10.1. The highest BCUT2D eigenvalue weighted by atomic mass is 31.2. The molecule has 5 nitrogen and oxygen atoms in total. The summed E-state index contributed by atoms with van der Waals surface area (Å²) >= 11 is 0. The van der Waals surface area contributed by atoms with Crippen LogP contribution in [0.5, 0.6) is 0 Å². The molecule has 0 unspecified atom stereocenters. The van der Waals surface area contributed by atoms with Crippen LogP contribution in [0.2, 0.25) is 0 Å². The van der Waals surface area contributed by atoms with E-state index in [1.807, 2.05) is 0 Å². The molecular weight excluding hydrogens is 316 g/mol. The van der Waals surface area contributed by atoms with Crippen LogP contribution in [0.15, 0.2) is 30.5 Å². The minimum absolute atomic E-state index is 0.288. The summed E-state index contributed by atoms with van der Waals surface area (Å²) in [5.74, 6) is -0.759. The van der Waals surface area contributed by atoms with Gasteiger partial charge in [-0.25, -0.2) is 4.98 Å². The van der Waals surface area contributed by atoms with Gasteiger partial charge in [0.05, 0.1) is 5.69 Å². The van der Waals surface area contributed by atoms with E-state index in [9.17, 15) is 17.7 Å². The first-order valence-corrected chi connectivity index (χ1v) is 8.80. The lowest BCUT2D eigenvalue weighted by Gasteiger charge is -2.17. The molecule has 0 bridgehead atoms. The van der Waals surface area contributed by atoms with E-state index >= 15 is 0 Å². The maximum absolute atomic E-state index is 13.0. The van der Waals surface area contributed by atoms with E-state index in [0.717, 1.165) is 0 Å². The third kappa shape index (κ3) is 3.57. The fraction of sp³-hybridized carbons (Fsp3) is 0.231. The number of nitrogens with zero attached hydrogens (tertiary/aromatic N) is 2. The summed E-state index contributed by atoms with van der Waals surface area (Å²) in [4.78, 5) is 6.97. The predicted octanol–water partition coefficient (Wildman–Crippen LogP) is 3.07. The second-order valence-corrected chi connectivity index (χ2v) is 8.16. The van der Waals surface area contributed by atoms with Gasteiger partial charge in [-0.1, -0.05) is 12.1 Å². The van der Waals surface area contributed by atoms with Gasteiger partial charge in [0.25, 0.3) is 0 Å². The Morgan fingerprint density at radius 2 is 1.86 bits per heavy atom. The normalized spacial score (nSPS) is 12.2. The first-order valence-electron chi connectivity index (χ1n) is 6.20. The van der Waals surface area contributed by atoms with Crippen LogP contribution in [0.3, 0.4) is 0 Å². The Morgan fingerprint density at radius 3 is 2.45 bits per heavy atom. The number of hydrogen-bond donors (Lipinski definition) is 2. The van der Waals surface area contributed by atoms with Crippen LogP contribution in [0.4, 0.5) is 30.6 Å². The molecule has 0 aliphatic rings. The molecule has 0 aliphatic heterocycles. The van der Waals surface area contributed by atoms with Gasteiger partial charge in [-0.15, -0.1) is 0 Å². The Hall–Kier alpha value is -2.08. The van der Waals surface area contributed by atoms with Crippen LogP contribution in [0.1, 0.15) is 5.56 Å². The molecule has 3 N–H and O–H groups in total. The van der Waals surface area contributed by atoms with Gasteiger partial charge in [-0.2, -0.15) is 18.2 Å². The van der Waals surface area contributed by atoms with Gasteiger partial charge >= 0.3 is 6.18 Å². The number of rotatable bonds is 3. The van der Waals surface area contributed by atoms with Crippen LogP contribution >= 0.6 is 7.14 Å². The smallest absolute Gasteiger partial charge is 0.368 e. The van der Waals surface area contributed by atoms with Crippen molar-refractivity contribution in [2.24, 2.45) is 0 Å². The van der Waals surface area contributed by atoms with E-state index in [-0.39, 0.29) is 5.95 Å². The highest BCUT2D eigenvalue weighted by Crippen LogP contribution is 2.39. The fourth-order valence-electron chi connectivity index (χ4n) is 1.87. The predicted molar refractivity (Wildman–Crippen MR) is 80.3 cm³/mol.